The van der Waals surface area contributed by atoms with Gasteiger partial charge in [-0.1, -0.05) is 6.07 Å². The number of benzene rings is 1. The molecule has 0 aliphatic heterocycles. The van der Waals surface area contributed by atoms with Crippen molar-refractivity contribution < 1.29 is 22.8 Å². The van der Waals surface area contributed by atoms with Gasteiger partial charge in [-0.25, -0.2) is 0 Å². The smallest absolute Gasteiger partial charge is 0.308 e. The van der Waals surface area contributed by atoms with Gasteiger partial charge in [-0.3, -0.25) is 0 Å². The molecule has 0 aliphatic carbocycles. The largest absolute Gasteiger partial charge is 0.392 e. The molecule has 0 atom stereocenters. The van der Waals surface area contributed by atoms with E-state index in [9.17, 15) is 8.42 Å². The van der Waals surface area contributed by atoms with E-state index in [4.69, 9.17) is 14.4 Å². The Kier molecular flexibility index (Phi) is 4.28. The summed E-state index contributed by atoms with van der Waals surface area (Å²) in [5, 5.41) is 18.0. The van der Waals surface area contributed by atoms with Crippen LogP contribution < -0.4 is 4.18 Å². The molecule has 1 aromatic carbocycles. The van der Waals surface area contributed by atoms with Gasteiger partial charge in [-0.2, -0.15) is 8.42 Å². The summed E-state index contributed by atoms with van der Waals surface area (Å²) in [7, 11) is -3.56. The molecule has 6 heteroatoms. The van der Waals surface area contributed by atoms with Crippen molar-refractivity contribution in [2.45, 2.75) is 20.1 Å². The molecule has 0 spiro atoms. The van der Waals surface area contributed by atoms with Crippen molar-refractivity contribution in [2.75, 3.05) is 5.75 Å². The van der Waals surface area contributed by atoms with Crippen LogP contribution in [0.1, 0.15) is 18.1 Å². The highest BCUT2D eigenvalue weighted by Gasteiger charge is 2.10. The quantitative estimate of drug-likeness (QED) is 0.735. The van der Waals surface area contributed by atoms with E-state index in [1.807, 2.05) is 0 Å². The summed E-state index contributed by atoms with van der Waals surface area (Å²) in [6.45, 7) is 0.986. The average Bonchev–Trinajstić information content (AvgIpc) is 2.28. The minimum atomic E-state index is -3.56. The van der Waals surface area contributed by atoms with Crippen LogP contribution in [-0.4, -0.2) is 24.4 Å². The van der Waals surface area contributed by atoms with E-state index < -0.39 is 10.1 Å². The summed E-state index contributed by atoms with van der Waals surface area (Å²) in [6.07, 6.45) is 0. The monoisotopic (exact) mass is 246 g/mol. The van der Waals surface area contributed by atoms with Gasteiger partial charge < -0.3 is 14.4 Å². The van der Waals surface area contributed by atoms with Gasteiger partial charge in [0.15, 0.2) is 0 Å². The third kappa shape index (κ3) is 3.19. The first-order valence-corrected chi connectivity index (χ1v) is 6.35. The minimum absolute atomic E-state index is 0.122. The third-order valence-corrected chi connectivity index (χ3v) is 3.25. The third-order valence-electron chi connectivity index (χ3n) is 2.10. The Balaban J connectivity index is 3.00. The molecular formula is C10H14O5S. The van der Waals surface area contributed by atoms with E-state index >= 15 is 0 Å². The zero-order valence-electron chi connectivity index (χ0n) is 8.88. The molecule has 0 unspecified atom stereocenters. The van der Waals surface area contributed by atoms with Crippen LogP contribution in [0.5, 0.6) is 5.75 Å². The van der Waals surface area contributed by atoms with Crippen LogP contribution in [0.4, 0.5) is 0 Å². The molecule has 5 nitrogen and oxygen atoms in total. The predicted molar refractivity (Wildman–Crippen MR) is 58.4 cm³/mol. The van der Waals surface area contributed by atoms with Gasteiger partial charge in [0.05, 0.1) is 19.0 Å². The normalized spacial score (nSPS) is 11.4. The van der Waals surface area contributed by atoms with E-state index in [0.717, 1.165) is 0 Å². The summed E-state index contributed by atoms with van der Waals surface area (Å²) in [6, 6.07) is 4.36. The number of aliphatic hydroxyl groups is 2. The molecule has 2 N–H and O–H groups in total. The topological polar surface area (TPSA) is 83.8 Å². The Labute approximate surface area is 94.4 Å². The molecule has 0 amide bonds. The van der Waals surface area contributed by atoms with Crippen molar-refractivity contribution in [2.24, 2.45) is 0 Å². The highest BCUT2D eigenvalue weighted by molar-refractivity contribution is 7.87. The first kappa shape index (κ1) is 13.0. The molecule has 0 heterocycles. The average molecular weight is 246 g/mol. The second-order valence-electron chi connectivity index (χ2n) is 3.18. The SMILES string of the molecule is CCS(=O)(=O)Oc1ccc(CO)c(CO)c1. The lowest BCUT2D eigenvalue weighted by molar-refractivity contribution is 0.259. The van der Waals surface area contributed by atoms with Gasteiger partial charge in [-0.15, -0.1) is 0 Å². The van der Waals surface area contributed by atoms with Gasteiger partial charge in [0.2, 0.25) is 0 Å². The fourth-order valence-electron chi connectivity index (χ4n) is 1.16. The van der Waals surface area contributed by atoms with Gasteiger partial charge in [-0.05, 0) is 30.2 Å². The number of aliphatic hydroxyl groups excluding tert-OH is 2. The summed E-state index contributed by atoms with van der Waals surface area (Å²) < 4.78 is 27.1. The van der Waals surface area contributed by atoms with Gasteiger partial charge in [0, 0.05) is 0 Å². The van der Waals surface area contributed by atoms with Crippen LogP contribution in [0, 0.1) is 0 Å². The van der Waals surface area contributed by atoms with Gasteiger partial charge >= 0.3 is 10.1 Å². The predicted octanol–water partition coefficient (Wildman–Crippen LogP) is 0.400. The number of hydrogen-bond acceptors (Lipinski definition) is 5. The Morgan fingerprint density at radius 3 is 2.31 bits per heavy atom. The molecule has 0 bridgehead atoms. The molecule has 1 aromatic rings. The molecule has 0 saturated heterocycles. The maximum atomic E-state index is 11.2. The molecule has 16 heavy (non-hydrogen) atoms. The van der Waals surface area contributed by atoms with E-state index in [1.165, 1.54) is 25.1 Å². The minimum Gasteiger partial charge on any atom is -0.392 e. The first-order chi connectivity index (χ1) is 7.52. The lowest BCUT2D eigenvalue weighted by atomic mass is 10.1. The lowest BCUT2D eigenvalue weighted by Crippen LogP contribution is -2.11. The number of hydrogen-bond donors (Lipinski definition) is 2. The van der Waals surface area contributed by atoms with Crippen molar-refractivity contribution in [3.8, 4) is 5.75 Å². The highest BCUT2D eigenvalue weighted by Crippen LogP contribution is 2.19. The number of rotatable bonds is 5. The molecular weight excluding hydrogens is 232 g/mol. The Morgan fingerprint density at radius 1 is 1.19 bits per heavy atom. The fourth-order valence-corrected chi connectivity index (χ4v) is 1.68. The standard InChI is InChI=1S/C10H14O5S/c1-2-16(13,14)15-10-4-3-8(6-11)9(5-10)7-12/h3-5,11-12H,2,6-7H2,1H3. The molecule has 0 saturated carbocycles. The van der Waals surface area contributed by atoms with Crippen molar-refractivity contribution in [1.82, 2.24) is 0 Å². The maximum Gasteiger partial charge on any atom is 0.308 e. The Morgan fingerprint density at radius 2 is 1.81 bits per heavy atom. The van der Waals surface area contributed by atoms with Gasteiger partial charge in [0.1, 0.15) is 5.75 Å². The summed E-state index contributed by atoms with van der Waals surface area (Å²) in [5.74, 6) is 0.0199. The highest BCUT2D eigenvalue weighted by atomic mass is 32.2. The molecule has 90 valence electrons. The zero-order chi connectivity index (χ0) is 12.2. The van der Waals surface area contributed by atoms with E-state index in [1.54, 1.807) is 0 Å². The van der Waals surface area contributed by atoms with E-state index in [-0.39, 0.29) is 24.7 Å². The van der Waals surface area contributed by atoms with Crippen LogP contribution >= 0.6 is 0 Å². The summed E-state index contributed by atoms with van der Waals surface area (Å²) >= 11 is 0. The second kappa shape index (κ2) is 5.29. The van der Waals surface area contributed by atoms with E-state index in [2.05, 4.69) is 0 Å². The van der Waals surface area contributed by atoms with Crippen LogP contribution in [0.2, 0.25) is 0 Å². The van der Waals surface area contributed by atoms with Crippen LogP contribution in [0.15, 0.2) is 18.2 Å². The molecule has 0 aliphatic rings. The Hall–Kier alpha value is -1.11. The van der Waals surface area contributed by atoms with Crippen molar-refractivity contribution >= 4 is 10.1 Å². The lowest BCUT2D eigenvalue weighted by Gasteiger charge is -2.09. The van der Waals surface area contributed by atoms with Gasteiger partial charge in [0.25, 0.3) is 0 Å². The summed E-state index contributed by atoms with van der Waals surface area (Å²) in [5.41, 5.74) is 0.995. The first-order valence-electron chi connectivity index (χ1n) is 4.78. The molecule has 1 rings (SSSR count). The molecule has 0 aromatic heterocycles. The van der Waals surface area contributed by atoms with Crippen molar-refractivity contribution in [1.29, 1.82) is 0 Å². The zero-order valence-corrected chi connectivity index (χ0v) is 9.70. The van der Waals surface area contributed by atoms with Crippen LogP contribution in [0.25, 0.3) is 0 Å². The second-order valence-corrected chi connectivity index (χ2v) is 5.04. The van der Waals surface area contributed by atoms with Crippen molar-refractivity contribution in [3.63, 3.8) is 0 Å². The summed E-state index contributed by atoms with van der Waals surface area (Å²) in [4.78, 5) is 0. The van der Waals surface area contributed by atoms with E-state index in [0.29, 0.717) is 11.1 Å². The van der Waals surface area contributed by atoms with Crippen LogP contribution in [-0.2, 0) is 23.3 Å². The molecule has 0 fully saturated rings. The Bertz CT molecular complexity index is 452. The molecule has 0 radical (unpaired) electrons. The maximum absolute atomic E-state index is 11.2. The van der Waals surface area contributed by atoms with Crippen molar-refractivity contribution in [3.05, 3.63) is 29.3 Å². The fraction of sp³-hybridized carbons (Fsp3) is 0.400. The van der Waals surface area contributed by atoms with Crippen LogP contribution in [0.3, 0.4) is 0 Å².